The van der Waals surface area contributed by atoms with Crippen molar-refractivity contribution in [2.45, 2.75) is 5.41 Å². The van der Waals surface area contributed by atoms with Gasteiger partial charge in [0.2, 0.25) is 0 Å². The molecular weight excluding hydrogens is 781 g/mol. The molecule has 2 aliphatic rings. The van der Waals surface area contributed by atoms with E-state index in [2.05, 4.69) is 182 Å². The first-order chi connectivity index (χ1) is 31.7. The molecule has 0 N–H and O–H groups in total. The van der Waals surface area contributed by atoms with E-state index in [0.29, 0.717) is 17.5 Å². The minimum Gasteiger partial charge on any atom is -0.457 e. The highest BCUT2D eigenvalue weighted by atomic mass is 16.5. The zero-order chi connectivity index (χ0) is 42.2. The minimum absolute atomic E-state index is 0.580. The summed E-state index contributed by atoms with van der Waals surface area (Å²) in [7, 11) is 0. The molecule has 64 heavy (non-hydrogen) atoms. The second-order valence-corrected chi connectivity index (χ2v) is 16.5. The number of ether oxygens (including phenoxy) is 1. The first kappa shape index (κ1) is 36.1. The number of hydrogen-bond donors (Lipinski definition) is 0. The number of rotatable bonds is 5. The maximum absolute atomic E-state index is 6.64. The molecule has 5 heteroatoms. The SMILES string of the molecule is c1ccc(-c2cccc(-c3nc(-c4ccccc4)nc(-c4cccc(-c5nc6ccccc6c6cc7c(cc56)-c5ccccc5C75c6ccccc6Oc6ccccc65)c4)n3)c2)cc1. The van der Waals surface area contributed by atoms with Crippen LogP contribution in [0.15, 0.2) is 218 Å². The molecule has 298 valence electrons. The Labute approximate surface area is 370 Å². The Morgan fingerprint density at radius 1 is 0.297 bits per heavy atom. The average molecular weight is 817 g/mol. The van der Waals surface area contributed by atoms with Crippen LogP contribution >= 0.6 is 0 Å². The molecule has 0 unspecified atom stereocenters. The van der Waals surface area contributed by atoms with Crippen molar-refractivity contribution in [1.82, 2.24) is 19.9 Å². The molecule has 5 nitrogen and oxygen atoms in total. The van der Waals surface area contributed by atoms with Crippen LogP contribution in [0.2, 0.25) is 0 Å². The second kappa shape index (κ2) is 14.3. The van der Waals surface area contributed by atoms with Crippen LogP contribution in [0.3, 0.4) is 0 Å². The number of para-hydroxylation sites is 3. The van der Waals surface area contributed by atoms with Crippen molar-refractivity contribution in [2.24, 2.45) is 0 Å². The van der Waals surface area contributed by atoms with E-state index in [1.165, 1.54) is 22.3 Å². The molecule has 1 aliphatic carbocycles. The summed E-state index contributed by atoms with van der Waals surface area (Å²) in [6.45, 7) is 0. The molecular formula is C59H36N4O. The monoisotopic (exact) mass is 816 g/mol. The number of benzene rings is 9. The Kier molecular flexibility index (Phi) is 8.06. The lowest BCUT2D eigenvalue weighted by molar-refractivity contribution is 0.436. The third-order valence-corrected chi connectivity index (χ3v) is 13.0. The maximum atomic E-state index is 6.64. The van der Waals surface area contributed by atoms with Crippen LogP contribution < -0.4 is 4.74 Å². The fourth-order valence-corrected chi connectivity index (χ4v) is 10.1. The van der Waals surface area contributed by atoms with Gasteiger partial charge in [0.05, 0.1) is 16.6 Å². The van der Waals surface area contributed by atoms with Crippen LogP contribution in [0, 0.1) is 0 Å². The van der Waals surface area contributed by atoms with Crippen molar-refractivity contribution in [2.75, 3.05) is 0 Å². The van der Waals surface area contributed by atoms with Crippen molar-refractivity contribution >= 4 is 21.7 Å². The summed E-state index contributed by atoms with van der Waals surface area (Å²) in [6, 6.07) is 76.7. The van der Waals surface area contributed by atoms with Crippen LogP contribution in [0.5, 0.6) is 11.5 Å². The van der Waals surface area contributed by atoms with Gasteiger partial charge in [0.25, 0.3) is 0 Å². The van der Waals surface area contributed by atoms with Crippen LogP contribution in [-0.4, -0.2) is 19.9 Å². The van der Waals surface area contributed by atoms with Gasteiger partial charge in [0, 0.05) is 44.2 Å². The van der Waals surface area contributed by atoms with Crippen molar-refractivity contribution in [1.29, 1.82) is 0 Å². The highest BCUT2D eigenvalue weighted by molar-refractivity contribution is 6.13. The van der Waals surface area contributed by atoms with Gasteiger partial charge in [-0.2, -0.15) is 0 Å². The van der Waals surface area contributed by atoms with Gasteiger partial charge in [-0.05, 0) is 81.2 Å². The van der Waals surface area contributed by atoms with Gasteiger partial charge in [-0.25, -0.2) is 19.9 Å². The van der Waals surface area contributed by atoms with Crippen molar-refractivity contribution < 1.29 is 4.74 Å². The summed E-state index contributed by atoms with van der Waals surface area (Å²) in [4.78, 5) is 20.8. The molecule has 0 atom stereocenters. The fourth-order valence-electron chi connectivity index (χ4n) is 10.1. The van der Waals surface area contributed by atoms with Crippen LogP contribution in [0.1, 0.15) is 22.3 Å². The number of nitrogens with zero attached hydrogens (tertiary/aromatic N) is 4. The predicted molar refractivity (Wildman–Crippen MR) is 257 cm³/mol. The molecule has 2 aromatic heterocycles. The lowest BCUT2D eigenvalue weighted by Crippen LogP contribution is -2.32. The van der Waals surface area contributed by atoms with Gasteiger partial charge in [-0.1, -0.05) is 176 Å². The lowest BCUT2D eigenvalue weighted by Gasteiger charge is -2.39. The highest BCUT2D eigenvalue weighted by Gasteiger charge is 2.51. The van der Waals surface area contributed by atoms with E-state index < -0.39 is 5.41 Å². The van der Waals surface area contributed by atoms with E-state index in [0.717, 1.165) is 83.4 Å². The Balaban J connectivity index is 1.03. The molecule has 0 amide bonds. The van der Waals surface area contributed by atoms with Gasteiger partial charge in [-0.15, -0.1) is 0 Å². The largest absolute Gasteiger partial charge is 0.457 e. The Hall–Kier alpha value is -8.54. The first-order valence-electron chi connectivity index (χ1n) is 21.6. The van der Waals surface area contributed by atoms with E-state index in [1.54, 1.807) is 0 Å². The molecule has 0 bridgehead atoms. The second-order valence-electron chi connectivity index (χ2n) is 16.5. The Morgan fingerprint density at radius 2 is 0.812 bits per heavy atom. The summed E-state index contributed by atoms with van der Waals surface area (Å²) in [5, 5.41) is 3.33. The van der Waals surface area contributed by atoms with Crippen LogP contribution in [0.25, 0.3) is 89.4 Å². The maximum Gasteiger partial charge on any atom is 0.164 e. The van der Waals surface area contributed by atoms with Gasteiger partial charge < -0.3 is 4.74 Å². The lowest BCUT2D eigenvalue weighted by atomic mass is 9.66. The summed E-state index contributed by atoms with van der Waals surface area (Å²) in [5.41, 5.74) is 14.4. The van der Waals surface area contributed by atoms with Crippen molar-refractivity contribution in [3.8, 4) is 79.2 Å². The minimum atomic E-state index is -0.580. The molecule has 13 rings (SSSR count). The zero-order valence-electron chi connectivity index (χ0n) is 34.5. The number of hydrogen-bond acceptors (Lipinski definition) is 5. The third-order valence-electron chi connectivity index (χ3n) is 13.0. The zero-order valence-corrected chi connectivity index (χ0v) is 34.5. The van der Waals surface area contributed by atoms with E-state index in [9.17, 15) is 0 Å². The average Bonchev–Trinajstić information content (AvgIpc) is 3.65. The van der Waals surface area contributed by atoms with E-state index >= 15 is 0 Å². The standard InChI is InChI=1S/C59H36N4O/c1-3-17-37(18-4-1)39-21-15-23-41(33-39)57-61-56(38-19-5-2-6-20-38)62-58(63-57)42-24-16-22-40(34-42)55-47-35-46-43-25-7-9-27-48(43)59(51(46)36-45(47)44-26-8-12-30-52(44)60-55)49-28-10-13-31-53(49)64-54-32-14-11-29-50(54)59/h1-36H. The fraction of sp³-hybridized carbons (Fsp3) is 0.0169. The normalized spacial score (nSPS) is 12.9. The molecule has 9 aromatic carbocycles. The van der Waals surface area contributed by atoms with Gasteiger partial charge in [0.15, 0.2) is 17.5 Å². The molecule has 0 fully saturated rings. The molecule has 1 aliphatic heterocycles. The summed E-state index contributed by atoms with van der Waals surface area (Å²) in [5.74, 6) is 3.57. The highest BCUT2D eigenvalue weighted by Crippen LogP contribution is 2.62. The molecule has 0 saturated heterocycles. The summed E-state index contributed by atoms with van der Waals surface area (Å²) < 4.78 is 6.64. The van der Waals surface area contributed by atoms with Gasteiger partial charge in [-0.3, -0.25) is 0 Å². The summed E-state index contributed by atoms with van der Waals surface area (Å²) >= 11 is 0. The topological polar surface area (TPSA) is 60.8 Å². The smallest absolute Gasteiger partial charge is 0.164 e. The third kappa shape index (κ3) is 5.51. The van der Waals surface area contributed by atoms with E-state index in [-0.39, 0.29) is 0 Å². The van der Waals surface area contributed by atoms with E-state index in [4.69, 9.17) is 24.7 Å². The molecule has 0 saturated carbocycles. The van der Waals surface area contributed by atoms with Crippen molar-refractivity contribution in [3.05, 3.63) is 241 Å². The van der Waals surface area contributed by atoms with Gasteiger partial charge in [0.1, 0.15) is 11.5 Å². The first-order valence-corrected chi connectivity index (χ1v) is 21.6. The molecule has 0 radical (unpaired) electrons. The summed E-state index contributed by atoms with van der Waals surface area (Å²) in [6.07, 6.45) is 0. The predicted octanol–water partition coefficient (Wildman–Crippen LogP) is 14.4. The molecule has 1 spiro atoms. The number of pyridine rings is 1. The molecule has 11 aromatic rings. The van der Waals surface area contributed by atoms with E-state index in [1.807, 2.05) is 36.4 Å². The van der Waals surface area contributed by atoms with Crippen molar-refractivity contribution in [3.63, 3.8) is 0 Å². The Morgan fingerprint density at radius 3 is 1.52 bits per heavy atom. The van der Waals surface area contributed by atoms with Gasteiger partial charge >= 0.3 is 0 Å². The quantitative estimate of drug-likeness (QED) is 0.162. The Bertz CT molecular complexity index is 3610. The number of aromatic nitrogens is 4. The van der Waals surface area contributed by atoms with Crippen LogP contribution in [-0.2, 0) is 5.41 Å². The molecule has 3 heterocycles. The number of fused-ring (bicyclic) bond motifs is 12. The van der Waals surface area contributed by atoms with Crippen LogP contribution in [0.4, 0.5) is 0 Å².